The number of amides is 2. The molecule has 0 saturated heterocycles. The number of rotatable bonds is 6. The molecule has 2 amide bonds. The molecular formula is C12H15N3O4. The van der Waals surface area contributed by atoms with E-state index in [9.17, 15) is 14.4 Å². The van der Waals surface area contributed by atoms with Crippen molar-refractivity contribution >= 4 is 17.8 Å². The van der Waals surface area contributed by atoms with Crippen LogP contribution in [-0.2, 0) is 14.4 Å². The van der Waals surface area contributed by atoms with E-state index in [1.54, 1.807) is 30.3 Å². The van der Waals surface area contributed by atoms with Gasteiger partial charge < -0.3 is 21.9 Å². The minimum absolute atomic E-state index is 0.505. The van der Waals surface area contributed by atoms with E-state index < -0.39 is 36.3 Å². The van der Waals surface area contributed by atoms with E-state index in [1.807, 2.05) is 0 Å². The molecule has 1 aromatic carbocycles. The Morgan fingerprint density at radius 1 is 1.21 bits per heavy atom. The molecule has 2 atom stereocenters. The van der Waals surface area contributed by atoms with E-state index in [4.69, 9.17) is 16.6 Å². The molecule has 0 heterocycles. The molecule has 1 rings (SSSR count). The van der Waals surface area contributed by atoms with E-state index in [2.05, 4.69) is 5.32 Å². The molecule has 0 saturated carbocycles. The first-order valence-corrected chi connectivity index (χ1v) is 5.54. The molecule has 1 aromatic rings. The van der Waals surface area contributed by atoms with E-state index in [0.717, 1.165) is 0 Å². The Balaban J connectivity index is 2.78. The quantitative estimate of drug-likeness (QED) is 0.530. The summed E-state index contributed by atoms with van der Waals surface area (Å²) in [5.74, 6) is -2.69. The Morgan fingerprint density at radius 2 is 1.79 bits per heavy atom. The highest BCUT2D eigenvalue weighted by atomic mass is 16.4. The van der Waals surface area contributed by atoms with Crippen molar-refractivity contribution in [3.05, 3.63) is 35.9 Å². The van der Waals surface area contributed by atoms with Crippen LogP contribution in [0.2, 0.25) is 0 Å². The number of aliphatic carboxylic acids is 1. The van der Waals surface area contributed by atoms with Gasteiger partial charge in [0.2, 0.25) is 11.8 Å². The molecule has 0 aliphatic heterocycles. The van der Waals surface area contributed by atoms with Crippen molar-refractivity contribution in [3.8, 4) is 0 Å². The fourth-order valence-electron chi connectivity index (χ4n) is 1.49. The number of primary amides is 1. The average molecular weight is 265 g/mol. The molecule has 0 radical (unpaired) electrons. The van der Waals surface area contributed by atoms with Crippen LogP contribution in [0.15, 0.2) is 30.3 Å². The van der Waals surface area contributed by atoms with Crippen molar-refractivity contribution < 1.29 is 19.5 Å². The largest absolute Gasteiger partial charge is 0.481 e. The zero-order valence-electron chi connectivity index (χ0n) is 10.1. The molecule has 0 fully saturated rings. The van der Waals surface area contributed by atoms with Gasteiger partial charge in [-0.3, -0.25) is 14.4 Å². The summed E-state index contributed by atoms with van der Waals surface area (Å²) in [4.78, 5) is 33.4. The Hall–Kier alpha value is -2.41. The van der Waals surface area contributed by atoms with Gasteiger partial charge in [-0.25, -0.2) is 0 Å². The summed E-state index contributed by atoms with van der Waals surface area (Å²) in [6, 6.07) is 6.11. The molecule has 0 unspecified atom stereocenters. The maximum absolute atomic E-state index is 11.7. The highest BCUT2D eigenvalue weighted by molar-refractivity contribution is 5.91. The van der Waals surface area contributed by atoms with Crippen LogP contribution in [0.5, 0.6) is 0 Å². The van der Waals surface area contributed by atoms with E-state index in [1.165, 1.54) is 0 Å². The third-order valence-corrected chi connectivity index (χ3v) is 2.44. The molecule has 0 aromatic heterocycles. The predicted molar refractivity (Wildman–Crippen MR) is 66.7 cm³/mol. The fourth-order valence-corrected chi connectivity index (χ4v) is 1.49. The van der Waals surface area contributed by atoms with Crippen molar-refractivity contribution in [2.75, 3.05) is 0 Å². The van der Waals surface area contributed by atoms with E-state index >= 15 is 0 Å². The molecule has 6 N–H and O–H groups in total. The van der Waals surface area contributed by atoms with Crippen molar-refractivity contribution in [2.24, 2.45) is 11.5 Å². The minimum Gasteiger partial charge on any atom is -0.481 e. The minimum atomic E-state index is -1.23. The number of carbonyl (C=O) groups is 3. The van der Waals surface area contributed by atoms with Gasteiger partial charge in [-0.1, -0.05) is 30.3 Å². The fraction of sp³-hybridized carbons (Fsp3) is 0.250. The van der Waals surface area contributed by atoms with Gasteiger partial charge >= 0.3 is 5.97 Å². The third kappa shape index (κ3) is 4.40. The smallest absolute Gasteiger partial charge is 0.305 e. The van der Waals surface area contributed by atoms with E-state index in [-0.39, 0.29) is 0 Å². The van der Waals surface area contributed by atoms with Gasteiger partial charge in [0.1, 0.15) is 6.04 Å². The number of hydrogen-bond acceptors (Lipinski definition) is 4. The average Bonchev–Trinajstić information content (AvgIpc) is 2.35. The number of nitrogens with one attached hydrogen (secondary N) is 1. The second-order valence-electron chi connectivity index (χ2n) is 3.96. The number of hydrogen-bond donors (Lipinski definition) is 4. The summed E-state index contributed by atoms with van der Waals surface area (Å²) >= 11 is 0. The van der Waals surface area contributed by atoms with Gasteiger partial charge in [-0.05, 0) is 5.56 Å². The van der Waals surface area contributed by atoms with Crippen molar-refractivity contribution in [1.82, 2.24) is 5.32 Å². The Kier molecular flexibility index (Phi) is 5.01. The lowest BCUT2D eigenvalue weighted by Gasteiger charge is -2.18. The molecule has 102 valence electrons. The molecule has 7 nitrogen and oxygen atoms in total. The van der Waals surface area contributed by atoms with Gasteiger partial charge in [0.15, 0.2) is 0 Å². The molecule has 0 aliphatic rings. The van der Waals surface area contributed by atoms with Crippen molar-refractivity contribution in [2.45, 2.75) is 18.5 Å². The Bertz CT molecular complexity index is 475. The maximum Gasteiger partial charge on any atom is 0.305 e. The summed E-state index contributed by atoms with van der Waals surface area (Å²) in [6.07, 6.45) is -0.522. The van der Waals surface area contributed by atoms with Crippen LogP contribution >= 0.6 is 0 Å². The van der Waals surface area contributed by atoms with Gasteiger partial charge in [0.05, 0.1) is 12.5 Å². The zero-order valence-corrected chi connectivity index (χ0v) is 10.1. The normalized spacial score (nSPS) is 13.3. The number of carboxylic acids is 1. The van der Waals surface area contributed by atoms with Crippen molar-refractivity contribution in [3.63, 3.8) is 0 Å². The number of carboxylic acid groups (broad SMARTS) is 1. The summed E-state index contributed by atoms with van der Waals surface area (Å²) in [5.41, 5.74) is 11.1. The van der Waals surface area contributed by atoms with Crippen LogP contribution in [0.4, 0.5) is 0 Å². The van der Waals surface area contributed by atoms with Gasteiger partial charge in [0, 0.05) is 0 Å². The lowest BCUT2D eigenvalue weighted by molar-refractivity contribution is -0.139. The molecule has 7 heteroatoms. The first kappa shape index (κ1) is 14.7. The summed E-state index contributed by atoms with van der Waals surface area (Å²) in [7, 11) is 0. The second-order valence-corrected chi connectivity index (χ2v) is 3.96. The van der Waals surface area contributed by atoms with Gasteiger partial charge in [0.25, 0.3) is 0 Å². The topological polar surface area (TPSA) is 136 Å². The first-order valence-electron chi connectivity index (χ1n) is 5.54. The second kappa shape index (κ2) is 6.50. The van der Waals surface area contributed by atoms with Crippen molar-refractivity contribution in [1.29, 1.82) is 0 Å². The highest BCUT2D eigenvalue weighted by Gasteiger charge is 2.24. The van der Waals surface area contributed by atoms with Crippen LogP contribution in [0.25, 0.3) is 0 Å². The molecule has 0 aliphatic carbocycles. The lowest BCUT2D eigenvalue weighted by atomic mass is 10.1. The zero-order chi connectivity index (χ0) is 14.4. The van der Waals surface area contributed by atoms with Gasteiger partial charge in [-0.2, -0.15) is 0 Å². The monoisotopic (exact) mass is 265 g/mol. The first-order chi connectivity index (χ1) is 8.91. The summed E-state index contributed by atoms with van der Waals surface area (Å²) in [6.45, 7) is 0. The molecule has 0 bridgehead atoms. The Labute approximate surface area is 109 Å². The number of benzene rings is 1. The third-order valence-electron chi connectivity index (χ3n) is 2.44. The standard InChI is InChI=1S/C12H15N3O4/c13-8(6-9(16)17)12(19)15-10(11(14)18)7-4-2-1-3-5-7/h1-5,8,10H,6,13H2,(H2,14,18)(H,15,19)(H,16,17)/t8-,10+/m0/s1. The molecule has 19 heavy (non-hydrogen) atoms. The van der Waals surface area contributed by atoms with E-state index in [0.29, 0.717) is 5.56 Å². The Morgan fingerprint density at radius 3 is 2.26 bits per heavy atom. The van der Waals surface area contributed by atoms with Crippen LogP contribution in [-0.4, -0.2) is 28.9 Å². The maximum atomic E-state index is 11.7. The highest BCUT2D eigenvalue weighted by Crippen LogP contribution is 2.12. The predicted octanol–water partition coefficient (Wildman–Crippen LogP) is -0.869. The van der Waals surface area contributed by atoms with Gasteiger partial charge in [-0.15, -0.1) is 0 Å². The summed E-state index contributed by atoms with van der Waals surface area (Å²) in [5, 5.41) is 10.9. The molecular weight excluding hydrogens is 250 g/mol. The number of nitrogens with two attached hydrogens (primary N) is 2. The van der Waals surface area contributed by atoms with Crippen LogP contribution in [0.3, 0.4) is 0 Å². The van der Waals surface area contributed by atoms with Crippen LogP contribution in [0.1, 0.15) is 18.0 Å². The lowest BCUT2D eigenvalue weighted by Crippen LogP contribution is -2.46. The van der Waals surface area contributed by atoms with Crippen LogP contribution in [0, 0.1) is 0 Å². The summed E-state index contributed by atoms with van der Waals surface area (Å²) < 4.78 is 0. The van der Waals surface area contributed by atoms with Crippen LogP contribution < -0.4 is 16.8 Å². The number of carbonyl (C=O) groups excluding carboxylic acids is 2. The molecule has 0 spiro atoms. The SMILES string of the molecule is NC(=O)[C@H](NC(=O)[C@@H](N)CC(=O)O)c1ccccc1.